The zero-order chi connectivity index (χ0) is 15.8. The molecule has 0 aromatic rings. The summed E-state index contributed by atoms with van der Waals surface area (Å²) in [6.45, 7) is 12.4. The second-order valence-corrected chi connectivity index (χ2v) is 6.49. The van der Waals surface area contributed by atoms with E-state index in [2.05, 4.69) is 19.2 Å². The third-order valence-corrected chi connectivity index (χ3v) is 5.22. The van der Waals surface area contributed by atoms with Gasteiger partial charge in [-0.3, -0.25) is 0 Å². The number of allylic oxidation sites excluding steroid dienone is 2. The maximum Gasteiger partial charge on any atom is 0.146 e. The highest BCUT2D eigenvalue weighted by molar-refractivity contribution is 5.39. The molecule has 1 fully saturated rings. The van der Waals surface area contributed by atoms with Crippen molar-refractivity contribution in [3.63, 3.8) is 0 Å². The third-order valence-electron chi connectivity index (χ3n) is 5.22. The second-order valence-electron chi connectivity index (χ2n) is 6.49. The van der Waals surface area contributed by atoms with E-state index >= 15 is 0 Å². The Labute approximate surface area is 126 Å². The monoisotopic (exact) mass is 294 g/mol. The number of fused-ring (bicyclic) bond motifs is 1. The van der Waals surface area contributed by atoms with Crippen LogP contribution < -0.4 is 0 Å². The Hall–Kier alpha value is -0.940. The van der Waals surface area contributed by atoms with Crippen molar-refractivity contribution in [3.05, 3.63) is 36.5 Å². The van der Waals surface area contributed by atoms with Gasteiger partial charge >= 0.3 is 0 Å². The summed E-state index contributed by atoms with van der Waals surface area (Å²) >= 11 is 0. The van der Waals surface area contributed by atoms with E-state index in [1.165, 1.54) is 0 Å². The number of hydrogen-bond acceptors (Lipinski definition) is 4. The highest BCUT2D eigenvalue weighted by Gasteiger charge is 2.62. The molecule has 1 saturated carbocycles. The van der Waals surface area contributed by atoms with E-state index in [0.29, 0.717) is 12.2 Å². The molecule has 2 N–H and O–H groups in total. The summed E-state index contributed by atoms with van der Waals surface area (Å²) in [5.74, 6) is -0.174. The Morgan fingerprint density at radius 2 is 2.19 bits per heavy atom. The minimum atomic E-state index is -1.09. The first-order valence-corrected chi connectivity index (χ1v) is 7.29. The molecule has 0 radical (unpaired) electrons. The standard InChI is InChI=1S/C17H26O4/c1-11(2)13-6-7-16(4)12(3)15(18)8-17(16,19)14(13)9-21-10-20-5/h6-7,13-15,18-19H,1,3,8-10H2,2,4-5H3/t13-,14-,15?,16-,17+/m0/s1. The minimum absolute atomic E-state index is 0.0121. The van der Waals surface area contributed by atoms with Gasteiger partial charge in [0.25, 0.3) is 0 Å². The lowest BCUT2D eigenvalue weighted by Crippen LogP contribution is -2.54. The van der Waals surface area contributed by atoms with E-state index in [4.69, 9.17) is 9.47 Å². The van der Waals surface area contributed by atoms with Gasteiger partial charge in [0.1, 0.15) is 6.79 Å². The molecule has 21 heavy (non-hydrogen) atoms. The number of aliphatic hydroxyl groups is 2. The van der Waals surface area contributed by atoms with E-state index in [1.54, 1.807) is 7.11 Å². The fourth-order valence-corrected chi connectivity index (χ4v) is 3.78. The molecule has 2 aliphatic rings. The minimum Gasteiger partial charge on any atom is -0.389 e. The van der Waals surface area contributed by atoms with Crippen molar-refractivity contribution in [3.8, 4) is 0 Å². The molecule has 0 heterocycles. The van der Waals surface area contributed by atoms with Gasteiger partial charge in [-0.05, 0) is 19.4 Å². The summed E-state index contributed by atoms with van der Waals surface area (Å²) in [6.07, 6.45) is 3.61. The maximum absolute atomic E-state index is 11.4. The fraction of sp³-hybridized carbons (Fsp3) is 0.647. The van der Waals surface area contributed by atoms with Crippen molar-refractivity contribution < 1.29 is 19.7 Å². The van der Waals surface area contributed by atoms with Crippen molar-refractivity contribution in [1.29, 1.82) is 0 Å². The van der Waals surface area contributed by atoms with Crippen LogP contribution >= 0.6 is 0 Å². The molecule has 0 saturated heterocycles. The normalized spacial score (nSPS) is 42.1. The molecule has 0 bridgehead atoms. The molecule has 2 aliphatic carbocycles. The second kappa shape index (κ2) is 5.69. The Balaban J connectivity index is 2.39. The van der Waals surface area contributed by atoms with Gasteiger partial charge in [0, 0.05) is 30.8 Å². The Morgan fingerprint density at radius 1 is 1.52 bits per heavy atom. The van der Waals surface area contributed by atoms with Crippen LogP contribution in [0.2, 0.25) is 0 Å². The van der Waals surface area contributed by atoms with Gasteiger partial charge in [-0.1, -0.05) is 30.9 Å². The average molecular weight is 294 g/mol. The summed E-state index contributed by atoms with van der Waals surface area (Å²) in [6, 6.07) is 0. The lowest BCUT2D eigenvalue weighted by atomic mass is 9.59. The summed E-state index contributed by atoms with van der Waals surface area (Å²) < 4.78 is 10.5. The first-order chi connectivity index (χ1) is 9.78. The third kappa shape index (κ3) is 2.40. The zero-order valence-electron chi connectivity index (χ0n) is 13.1. The van der Waals surface area contributed by atoms with Gasteiger partial charge in [-0.25, -0.2) is 0 Å². The molecule has 4 heteroatoms. The molecule has 0 amide bonds. The quantitative estimate of drug-likeness (QED) is 0.463. The van der Waals surface area contributed by atoms with Crippen LogP contribution in [-0.4, -0.2) is 42.4 Å². The van der Waals surface area contributed by atoms with Crippen LogP contribution in [-0.2, 0) is 9.47 Å². The fourth-order valence-electron chi connectivity index (χ4n) is 3.78. The Bertz CT molecular complexity index is 469. The molecular weight excluding hydrogens is 268 g/mol. The van der Waals surface area contributed by atoms with Crippen LogP contribution in [0.25, 0.3) is 0 Å². The molecule has 1 unspecified atom stereocenters. The lowest BCUT2D eigenvalue weighted by molar-refractivity contribution is -0.133. The van der Waals surface area contributed by atoms with Crippen LogP contribution in [0, 0.1) is 17.3 Å². The average Bonchev–Trinajstić information content (AvgIpc) is 2.59. The van der Waals surface area contributed by atoms with Crippen molar-refractivity contribution >= 4 is 0 Å². The van der Waals surface area contributed by atoms with Crippen molar-refractivity contribution in [1.82, 2.24) is 0 Å². The number of rotatable bonds is 5. The zero-order valence-corrected chi connectivity index (χ0v) is 13.1. The van der Waals surface area contributed by atoms with E-state index in [0.717, 1.165) is 5.57 Å². The van der Waals surface area contributed by atoms with Gasteiger partial charge in [0.05, 0.1) is 18.3 Å². The Morgan fingerprint density at radius 3 is 2.76 bits per heavy atom. The van der Waals surface area contributed by atoms with Gasteiger partial charge in [0.2, 0.25) is 0 Å². The molecule has 118 valence electrons. The largest absolute Gasteiger partial charge is 0.389 e. The molecule has 0 aromatic carbocycles. The number of aliphatic hydroxyl groups excluding tert-OH is 1. The Kier molecular flexibility index (Phi) is 4.45. The topological polar surface area (TPSA) is 58.9 Å². The lowest BCUT2D eigenvalue weighted by Gasteiger charge is -2.49. The molecule has 0 aromatic heterocycles. The van der Waals surface area contributed by atoms with Crippen LogP contribution in [0.1, 0.15) is 20.3 Å². The number of methoxy groups -OCH3 is 1. The summed E-state index contributed by atoms with van der Waals surface area (Å²) in [5.41, 5.74) is -0.0902. The van der Waals surface area contributed by atoms with Gasteiger partial charge in [-0.15, -0.1) is 0 Å². The molecule has 5 atom stereocenters. The predicted octanol–water partition coefficient (Wildman–Crippen LogP) is 2.04. The van der Waals surface area contributed by atoms with Crippen molar-refractivity contribution in [2.24, 2.45) is 17.3 Å². The molecule has 2 rings (SSSR count). The van der Waals surface area contributed by atoms with Gasteiger partial charge < -0.3 is 19.7 Å². The number of hydrogen-bond donors (Lipinski definition) is 2. The van der Waals surface area contributed by atoms with Crippen LogP contribution in [0.5, 0.6) is 0 Å². The number of ether oxygens (including phenoxy) is 2. The predicted molar refractivity (Wildman–Crippen MR) is 81.6 cm³/mol. The van der Waals surface area contributed by atoms with Gasteiger partial charge in [0.15, 0.2) is 0 Å². The first-order valence-electron chi connectivity index (χ1n) is 7.29. The summed E-state index contributed by atoms with van der Waals surface area (Å²) in [4.78, 5) is 0. The van der Waals surface area contributed by atoms with E-state index in [-0.39, 0.29) is 25.0 Å². The van der Waals surface area contributed by atoms with Crippen LogP contribution in [0.15, 0.2) is 36.5 Å². The van der Waals surface area contributed by atoms with Gasteiger partial charge in [-0.2, -0.15) is 0 Å². The van der Waals surface area contributed by atoms with E-state index < -0.39 is 17.1 Å². The maximum atomic E-state index is 11.4. The van der Waals surface area contributed by atoms with Crippen molar-refractivity contribution in [2.75, 3.05) is 20.5 Å². The smallest absolute Gasteiger partial charge is 0.146 e. The van der Waals surface area contributed by atoms with E-state index in [9.17, 15) is 10.2 Å². The highest BCUT2D eigenvalue weighted by atomic mass is 16.7. The molecular formula is C17H26O4. The van der Waals surface area contributed by atoms with Crippen LogP contribution in [0.4, 0.5) is 0 Å². The van der Waals surface area contributed by atoms with Crippen LogP contribution in [0.3, 0.4) is 0 Å². The van der Waals surface area contributed by atoms with E-state index in [1.807, 2.05) is 19.9 Å². The highest BCUT2D eigenvalue weighted by Crippen LogP contribution is 2.58. The molecule has 0 spiro atoms. The van der Waals surface area contributed by atoms with Crippen molar-refractivity contribution in [2.45, 2.75) is 32.0 Å². The summed E-state index contributed by atoms with van der Waals surface area (Å²) in [7, 11) is 1.57. The molecule has 0 aliphatic heterocycles. The molecule has 4 nitrogen and oxygen atoms in total. The first kappa shape index (κ1) is 16.4. The summed E-state index contributed by atoms with van der Waals surface area (Å²) in [5, 5.41) is 21.5. The SMILES string of the molecule is C=C(C)[C@@H]1C=C[C@@]2(C)C(=C)C(O)C[C@@]2(O)[C@H]1COCOC.